The molecule has 0 aliphatic carbocycles. The summed E-state index contributed by atoms with van der Waals surface area (Å²) in [6.07, 6.45) is 0.924. The van der Waals surface area contributed by atoms with E-state index in [-0.39, 0.29) is 25.2 Å². The van der Waals surface area contributed by atoms with Crippen LogP contribution in [0.3, 0.4) is 0 Å². The van der Waals surface area contributed by atoms with Crippen LogP contribution in [0.5, 0.6) is 0 Å². The SMILES string of the molecule is C=CCOC(=O)N1C[C@@H](P(C)(C)=O)C[C@H]1C(=O)O. The van der Waals surface area contributed by atoms with E-state index in [1.165, 1.54) is 6.08 Å². The number of hydrogen-bond donors (Lipinski definition) is 1. The van der Waals surface area contributed by atoms with Crippen LogP contribution in [-0.4, -0.2) is 60.3 Å². The zero-order valence-electron chi connectivity index (χ0n) is 10.5. The van der Waals surface area contributed by atoms with Gasteiger partial charge in [0.25, 0.3) is 0 Å². The predicted octanol–water partition coefficient (Wildman–Crippen LogP) is 1.46. The van der Waals surface area contributed by atoms with Gasteiger partial charge in [-0.25, -0.2) is 9.59 Å². The molecule has 6 nitrogen and oxygen atoms in total. The molecule has 1 saturated heterocycles. The molecule has 18 heavy (non-hydrogen) atoms. The summed E-state index contributed by atoms with van der Waals surface area (Å²) < 4.78 is 16.8. The van der Waals surface area contributed by atoms with Crippen LogP contribution in [0.2, 0.25) is 0 Å². The molecule has 1 heterocycles. The summed E-state index contributed by atoms with van der Waals surface area (Å²) in [5, 5.41) is 9.08. The maximum absolute atomic E-state index is 12.0. The highest BCUT2D eigenvalue weighted by molar-refractivity contribution is 7.63. The van der Waals surface area contributed by atoms with Gasteiger partial charge in [0.05, 0.1) is 7.14 Å². The highest BCUT2D eigenvalue weighted by Crippen LogP contribution is 2.48. The second-order valence-electron chi connectivity index (χ2n) is 4.70. The van der Waals surface area contributed by atoms with Gasteiger partial charge in [-0.3, -0.25) is 4.90 Å². The van der Waals surface area contributed by atoms with Crippen LogP contribution in [0.1, 0.15) is 6.42 Å². The highest BCUT2D eigenvalue weighted by Gasteiger charge is 2.44. The number of carboxylic acid groups (broad SMARTS) is 1. The number of hydrogen-bond acceptors (Lipinski definition) is 4. The van der Waals surface area contributed by atoms with Crippen molar-refractivity contribution < 1.29 is 24.0 Å². The van der Waals surface area contributed by atoms with E-state index in [1.54, 1.807) is 13.3 Å². The first-order valence-electron chi connectivity index (χ1n) is 5.59. The Morgan fingerprint density at radius 2 is 2.17 bits per heavy atom. The molecule has 0 aromatic rings. The average Bonchev–Trinajstić information content (AvgIpc) is 2.70. The molecule has 0 spiro atoms. The van der Waals surface area contributed by atoms with Gasteiger partial charge < -0.3 is 14.4 Å². The Kier molecular flexibility index (Phi) is 4.57. The first kappa shape index (κ1) is 14.8. The molecule has 0 unspecified atom stereocenters. The lowest BCUT2D eigenvalue weighted by molar-refractivity contribution is -0.141. The van der Waals surface area contributed by atoms with Crippen molar-refractivity contribution >= 4 is 19.2 Å². The number of rotatable bonds is 4. The minimum absolute atomic E-state index is 0.0300. The molecular formula is C11H18NO5P. The third-order valence-electron chi connectivity index (χ3n) is 3.00. The number of nitrogens with zero attached hydrogens (tertiary/aromatic N) is 1. The lowest BCUT2D eigenvalue weighted by Crippen LogP contribution is -2.40. The molecule has 0 saturated carbocycles. The van der Waals surface area contributed by atoms with E-state index in [2.05, 4.69) is 6.58 Å². The summed E-state index contributed by atoms with van der Waals surface area (Å²) in [6, 6.07) is -0.958. The summed E-state index contributed by atoms with van der Waals surface area (Å²) >= 11 is 0. The summed E-state index contributed by atoms with van der Waals surface area (Å²) in [4.78, 5) is 23.9. The van der Waals surface area contributed by atoms with Crippen molar-refractivity contribution in [2.24, 2.45) is 0 Å². The molecule has 1 rings (SSSR count). The van der Waals surface area contributed by atoms with Gasteiger partial charge in [-0.2, -0.15) is 0 Å². The van der Waals surface area contributed by atoms with Gasteiger partial charge in [-0.05, 0) is 19.8 Å². The molecule has 1 aliphatic heterocycles. The molecule has 1 aliphatic rings. The molecule has 7 heteroatoms. The zero-order valence-corrected chi connectivity index (χ0v) is 11.4. The molecule has 102 valence electrons. The van der Waals surface area contributed by atoms with E-state index in [9.17, 15) is 14.2 Å². The van der Waals surface area contributed by atoms with Gasteiger partial charge in [0.1, 0.15) is 12.6 Å². The number of likely N-dealkylation sites (tertiary alicyclic amines) is 1. The van der Waals surface area contributed by atoms with Crippen molar-refractivity contribution in [1.29, 1.82) is 0 Å². The molecule has 1 fully saturated rings. The van der Waals surface area contributed by atoms with Crippen LogP contribution in [-0.2, 0) is 14.1 Å². The Morgan fingerprint density at radius 3 is 2.61 bits per heavy atom. The van der Waals surface area contributed by atoms with Crippen LogP contribution in [0.15, 0.2) is 12.7 Å². The zero-order chi connectivity index (χ0) is 13.9. The number of aliphatic carboxylic acids is 1. The first-order chi connectivity index (χ1) is 8.27. The van der Waals surface area contributed by atoms with Crippen molar-refractivity contribution in [3.05, 3.63) is 12.7 Å². The van der Waals surface area contributed by atoms with E-state index < -0.39 is 25.2 Å². The van der Waals surface area contributed by atoms with Gasteiger partial charge in [0.2, 0.25) is 0 Å². The van der Waals surface area contributed by atoms with Gasteiger partial charge in [-0.15, -0.1) is 0 Å². The Hall–Kier alpha value is -1.29. The molecular weight excluding hydrogens is 257 g/mol. The molecule has 1 amide bonds. The Morgan fingerprint density at radius 1 is 1.56 bits per heavy atom. The maximum Gasteiger partial charge on any atom is 0.410 e. The van der Waals surface area contributed by atoms with Crippen molar-refractivity contribution in [1.82, 2.24) is 4.90 Å². The number of carbonyl (C=O) groups is 2. The quantitative estimate of drug-likeness (QED) is 0.620. The standard InChI is InChI=1S/C11H18NO5P/c1-4-5-17-11(15)12-7-8(18(2,3)16)6-9(12)10(13)14/h4,8-9H,1,5-7H2,2-3H3,(H,13,14)/t8-,9-/m0/s1. The van der Waals surface area contributed by atoms with Crippen LogP contribution in [0, 0.1) is 0 Å². The average molecular weight is 275 g/mol. The number of carbonyl (C=O) groups excluding carboxylic acids is 1. The molecule has 0 radical (unpaired) electrons. The fourth-order valence-corrected chi connectivity index (χ4v) is 3.19. The van der Waals surface area contributed by atoms with Crippen molar-refractivity contribution in [2.75, 3.05) is 26.5 Å². The van der Waals surface area contributed by atoms with Crippen molar-refractivity contribution in [3.63, 3.8) is 0 Å². The van der Waals surface area contributed by atoms with E-state index in [0.29, 0.717) is 0 Å². The number of amides is 1. The van der Waals surface area contributed by atoms with Crippen LogP contribution in [0.4, 0.5) is 4.79 Å². The smallest absolute Gasteiger partial charge is 0.410 e. The maximum atomic E-state index is 12.0. The highest BCUT2D eigenvalue weighted by atomic mass is 31.2. The van der Waals surface area contributed by atoms with Gasteiger partial charge in [-0.1, -0.05) is 12.7 Å². The monoisotopic (exact) mass is 275 g/mol. The Balaban J connectivity index is 2.82. The lowest BCUT2D eigenvalue weighted by Gasteiger charge is -2.20. The third kappa shape index (κ3) is 3.35. The second-order valence-corrected chi connectivity index (χ2v) is 8.29. The van der Waals surface area contributed by atoms with Gasteiger partial charge >= 0.3 is 12.1 Å². The molecule has 0 aromatic heterocycles. The Labute approximate surface area is 106 Å². The van der Waals surface area contributed by atoms with E-state index in [0.717, 1.165) is 4.90 Å². The van der Waals surface area contributed by atoms with Gasteiger partial charge in [0.15, 0.2) is 0 Å². The van der Waals surface area contributed by atoms with Crippen LogP contribution in [0.25, 0.3) is 0 Å². The van der Waals surface area contributed by atoms with E-state index >= 15 is 0 Å². The van der Waals surface area contributed by atoms with Crippen molar-refractivity contribution in [2.45, 2.75) is 18.1 Å². The van der Waals surface area contributed by atoms with Crippen LogP contribution >= 0.6 is 7.14 Å². The minimum atomic E-state index is -2.43. The second kappa shape index (κ2) is 5.57. The normalized spacial score (nSPS) is 23.8. The molecule has 0 aromatic carbocycles. The fourth-order valence-electron chi connectivity index (χ4n) is 1.91. The molecule has 0 bridgehead atoms. The fraction of sp³-hybridized carbons (Fsp3) is 0.636. The first-order valence-corrected chi connectivity index (χ1v) is 8.26. The third-order valence-corrected chi connectivity index (χ3v) is 5.14. The molecule has 1 N–H and O–H groups in total. The lowest BCUT2D eigenvalue weighted by atomic mass is 10.2. The van der Waals surface area contributed by atoms with Gasteiger partial charge in [0, 0.05) is 12.2 Å². The summed E-state index contributed by atoms with van der Waals surface area (Å²) in [7, 11) is -2.43. The Bertz CT molecular complexity index is 402. The topological polar surface area (TPSA) is 83.9 Å². The number of carboxylic acids is 1. The van der Waals surface area contributed by atoms with Crippen molar-refractivity contribution in [3.8, 4) is 0 Å². The largest absolute Gasteiger partial charge is 0.480 e. The minimum Gasteiger partial charge on any atom is -0.480 e. The molecule has 2 atom stereocenters. The summed E-state index contributed by atoms with van der Waals surface area (Å²) in [6.45, 7) is 6.82. The van der Waals surface area contributed by atoms with Crippen LogP contribution < -0.4 is 0 Å². The summed E-state index contributed by atoms with van der Waals surface area (Å²) in [5.41, 5.74) is -0.283. The number of ether oxygens (including phenoxy) is 1. The van der Waals surface area contributed by atoms with E-state index in [1.807, 2.05) is 0 Å². The summed E-state index contributed by atoms with van der Waals surface area (Å²) in [5.74, 6) is -1.10. The van der Waals surface area contributed by atoms with E-state index in [4.69, 9.17) is 9.84 Å². The predicted molar refractivity (Wildman–Crippen MR) is 67.5 cm³/mol.